The van der Waals surface area contributed by atoms with Crippen molar-refractivity contribution >= 4 is 29.9 Å². The van der Waals surface area contributed by atoms with Crippen molar-refractivity contribution in [2.75, 3.05) is 40.0 Å². The third-order valence-corrected chi connectivity index (χ3v) is 4.11. The predicted octanol–water partition coefficient (Wildman–Crippen LogP) is 2.01. The van der Waals surface area contributed by atoms with Crippen LogP contribution in [0.15, 0.2) is 4.99 Å². The minimum Gasteiger partial charge on any atom is -0.381 e. The van der Waals surface area contributed by atoms with Crippen molar-refractivity contribution in [3.05, 3.63) is 0 Å². The van der Waals surface area contributed by atoms with E-state index in [0.717, 1.165) is 64.1 Å². The standard InChI is InChI=1S/C15H29N3O2.HI/c1-12-10-14(12)18-15(16-2)17-6-3-7-20-11-13-4-8-19-9-5-13;/h12-14H,3-11H2,1-2H3,(H2,16,17,18);1H. The molecule has 2 aliphatic rings. The topological polar surface area (TPSA) is 54.9 Å². The van der Waals surface area contributed by atoms with E-state index in [1.165, 1.54) is 6.42 Å². The summed E-state index contributed by atoms with van der Waals surface area (Å²) in [6.45, 7) is 6.68. The van der Waals surface area contributed by atoms with Gasteiger partial charge in [-0.15, -0.1) is 24.0 Å². The second kappa shape index (κ2) is 10.6. The maximum absolute atomic E-state index is 5.74. The van der Waals surface area contributed by atoms with E-state index in [0.29, 0.717) is 12.0 Å². The van der Waals surface area contributed by atoms with Gasteiger partial charge in [-0.05, 0) is 37.5 Å². The molecule has 2 N–H and O–H groups in total. The molecule has 0 amide bonds. The van der Waals surface area contributed by atoms with Crippen molar-refractivity contribution in [1.29, 1.82) is 0 Å². The van der Waals surface area contributed by atoms with Crippen LogP contribution in [0.25, 0.3) is 0 Å². The predicted molar refractivity (Wildman–Crippen MR) is 96.5 cm³/mol. The zero-order chi connectivity index (χ0) is 14.2. The van der Waals surface area contributed by atoms with Gasteiger partial charge >= 0.3 is 0 Å². The highest BCUT2D eigenvalue weighted by molar-refractivity contribution is 14.0. The summed E-state index contributed by atoms with van der Waals surface area (Å²) < 4.78 is 11.1. The number of rotatable bonds is 7. The van der Waals surface area contributed by atoms with E-state index in [9.17, 15) is 0 Å². The SMILES string of the molecule is CN=C(NCCCOCC1CCOCC1)NC1CC1C.I. The highest BCUT2D eigenvalue weighted by Gasteiger charge is 2.33. The summed E-state index contributed by atoms with van der Waals surface area (Å²) >= 11 is 0. The Morgan fingerprint density at radius 3 is 2.67 bits per heavy atom. The molecule has 0 aromatic carbocycles. The van der Waals surface area contributed by atoms with E-state index >= 15 is 0 Å². The molecule has 1 aliphatic heterocycles. The van der Waals surface area contributed by atoms with Crippen molar-refractivity contribution in [3.8, 4) is 0 Å². The fourth-order valence-electron chi connectivity index (χ4n) is 2.44. The van der Waals surface area contributed by atoms with Crippen molar-refractivity contribution < 1.29 is 9.47 Å². The number of aliphatic imine (C=N–C) groups is 1. The van der Waals surface area contributed by atoms with Gasteiger partial charge in [0.1, 0.15) is 0 Å². The number of hydrogen-bond acceptors (Lipinski definition) is 3. The fourth-order valence-corrected chi connectivity index (χ4v) is 2.44. The quantitative estimate of drug-likeness (QED) is 0.291. The lowest BCUT2D eigenvalue weighted by molar-refractivity contribution is 0.0203. The summed E-state index contributed by atoms with van der Waals surface area (Å²) in [6, 6.07) is 0.617. The van der Waals surface area contributed by atoms with Gasteiger partial charge in [0.25, 0.3) is 0 Å². The van der Waals surface area contributed by atoms with Crippen molar-refractivity contribution in [3.63, 3.8) is 0 Å². The maximum atomic E-state index is 5.74. The van der Waals surface area contributed by atoms with E-state index in [1.54, 1.807) is 0 Å². The van der Waals surface area contributed by atoms with Gasteiger partial charge in [-0.1, -0.05) is 6.92 Å². The molecule has 21 heavy (non-hydrogen) atoms. The first kappa shape index (κ1) is 19.0. The number of hydrogen-bond donors (Lipinski definition) is 2. The van der Waals surface area contributed by atoms with Crippen molar-refractivity contribution in [1.82, 2.24) is 10.6 Å². The molecule has 0 bridgehead atoms. The van der Waals surface area contributed by atoms with Crippen LogP contribution in [0, 0.1) is 11.8 Å². The number of halogens is 1. The molecule has 124 valence electrons. The Balaban J connectivity index is 0.00000220. The molecule has 2 rings (SSSR count). The Hall–Kier alpha value is -0.0800. The summed E-state index contributed by atoms with van der Waals surface area (Å²) in [5.41, 5.74) is 0. The first-order valence-electron chi connectivity index (χ1n) is 7.92. The van der Waals surface area contributed by atoms with Crippen LogP contribution < -0.4 is 10.6 Å². The van der Waals surface area contributed by atoms with Gasteiger partial charge < -0.3 is 20.1 Å². The molecule has 2 fully saturated rings. The normalized spacial score (nSPS) is 26.1. The summed E-state index contributed by atoms with van der Waals surface area (Å²) in [5, 5.41) is 6.76. The number of ether oxygens (including phenoxy) is 2. The van der Waals surface area contributed by atoms with Gasteiger partial charge in [-0.2, -0.15) is 0 Å². The lowest BCUT2D eigenvalue weighted by atomic mass is 10.0. The molecule has 0 aromatic heterocycles. The van der Waals surface area contributed by atoms with Crippen LogP contribution in [0.1, 0.15) is 32.6 Å². The third kappa shape index (κ3) is 7.65. The third-order valence-electron chi connectivity index (χ3n) is 4.11. The fraction of sp³-hybridized carbons (Fsp3) is 0.933. The lowest BCUT2D eigenvalue weighted by Gasteiger charge is -2.21. The molecular weight excluding hydrogens is 381 g/mol. The van der Waals surface area contributed by atoms with Crippen LogP contribution in [0.2, 0.25) is 0 Å². The monoisotopic (exact) mass is 411 g/mol. The molecule has 1 heterocycles. The molecule has 1 saturated heterocycles. The van der Waals surface area contributed by atoms with E-state index < -0.39 is 0 Å². The zero-order valence-corrected chi connectivity index (χ0v) is 15.6. The van der Waals surface area contributed by atoms with Gasteiger partial charge in [0, 0.05) is 46.1 Å². The number of guanidine groups is 1. The molecule has 0 radical (unpaired) electrons. The Labute approximate surface area is 145 Å². The second-order valence-electron chi connectivity index (χ2n) is 5.95. The summed E-state index contributed by atoms with van der Waals surface area (Å²) in [5.74, 6) is 2.41. The largest absolute Gasteiger partial charge is 0.381 e. The summed E-state index contributed by atoms with van der Waals surface area (Å²) in [4.78, 5) is 4.23. The van der Waals surface area contributed by atoms with Gasteiger partial charge in [0.15, 0.2) is 5.96 Å². The summed E-state index contributed by atoms with van der Waals surface area (Å²) in [6.07, 6.45) is 4.57. The molecular formula is C15H30IN3O2. The molecule has 2 atom stereocenters. The van der Waals surface area contributed by atoms with Crippen LogP contribution in [0.5, 0.6) is 0 Å². The zero-order valence-electron chi connectivity index (χ0n) is 13.3. The molecule has 2 unspecified atom stereocenters. The molecule has 6 heteroatoms. The highest BCUT2D eigenvalue weighted by atomic mass is 127. The average Bonchev–Trinajstić information content (AvgIpc) is 3.17. The average molecular weight is 411 g/mol. The number of nitrogens with one attached hydrogen (secondary N) is 2. The Morgan fingerprint density at radius 2 is 2.05 bits per heavy atom. The van der Waals surface area contributed by atoms with Gasteiger partial charge in [0.05, 0.1) is 0 Å². The van der Waals surface area contributed by atoms with Gasteiger partial charge in [-0.25, -0.2) is 0 Å². The van der Waals surface area contributed by atoms with E-state index in [1.807, 2.05) is 7.05 Å². The first-order valence-corrected chi connectivity index (χ1v) is 7.92. The van der Waals surface area contributed by atoms with E-state index in [4.69, 9.17) is 9.47 Å². The van der Waals surface area contributed by atoms with Crippen molar-refractivity contribution in [2.45, 2.75) is 38.6 Å². The minimum absolute atomic E-state index is 0. The van der Waals surface area contributed by atoms with Crippen LogP contribution >= 0.6 is 24.0 Å². The van der Waals surface area contributed by atoms with E-state index in [-0.39, 0.29) is 24.0 Å². The molecule has 5 nitrogen and oxygen atoms in total. The minimum atomic E-state index is 0. The van der Waals surface area contributed by atoms with Crippen LogP contribution in [-0.4, -0.2) is 52.0 Å². The first-order chi connectivity index (χ1) is 9.79. The smallest absolute Gasteiger partial charge is 0.191 e. The van der Waals surface area contributed by atoms with Gasteiger partial charge in [-0.3, -0.25) is 4.99 Å². The number of nitrogens with zero attached hydrogens (tertiary/aromatic N) is 1. The van der Waals surface area contributed by atoms with Gasteiger partial charge in [0.2, 0.25) is 0 Å². The Kier molecular flexibility index (Phi) is 9.59. The highest BCUT2D eigenvalue weighted by Crippen LogP contribution is 2.28. The molecule has 0 aromatic rings. The van der Waals surface area contributed by atoms with Crippen LogP contribution in [-0.2, 0) is 9.47 Å². The molecule has 1 aliphatic carbocycles. The molecule has 0 spiro atoms. The maximum Gasteiger partial charge on any atom is 0.191 e. The lowest BCUT2D eigenvalue weighted by Crippen LogP contribution is -2.39. The van der Waals surface area contributed by atoms with Crippen LogP contribution in [0.3, 0.4) is 0 Å². The van der Waals surface area contributed by atoms with E-state index in [2.05, 4.69) is 22.5 Å². The van der Waals surface area contributed by atoms with Crippen molar-refractivity contribution in [2.24, 2.45) is 16.8 Å². The Morgan fingerprint density at radius 1 is 1.33 bits per heavy atom. The second-order valence-corrected chi connectivity index (χ2v) is 5.95. The molecule has 1 saturated carbocycles. The van der Waals surface area contributed by atoms with Crippen LogP contribution in [0.4, 0.5) is 0 Å². The summed E-state index contributed by atoms with van der Waals surface area (Å²) in [7, 11) is 1.82. The Bertz CT molecular complexity index is 309.